The van der Waals surface area contributed by atoms with Gasteiger partial charge in [0, 0.05) is 6.20 Å². The van der Waals surface area contributed by atoms with Gasteiger partial charge in [-0.2, -0.15) is 0 Å². The molecule has 1 saturated carbocycles. The second-order valence-electron chi connectivity index (χ2n) is 5.55. The smallest absolute Gasteiger partial charge is 0.137 e. The molecular formula is C15H25N3O. The van der Waals surface area contributed by atoms with E-state index < -0.39 is 0 Å². The van der Waals surface area contributed by atoms with Crippen molar-refractivity contribution < 1.29 is 4.74 Å². The molecule has 0 saturated heterocycles. The monoisotopic (exact) mass is 263 g/mol. The number of hydrogen-bond donors (Lipinski definition) is 2. The summed E-state index contributed by atoms with van der Waals surface area (Å²) in [7, 11) is 0. The highest BCUT2D eigenvalue weighted by atomic mass is 16.5. The summed E-state index contributed by atoms with van der Waals surface area (Å²) in [5, 5.41) is 0. The largest absolute Gasteiger partial charge is 0.492 e. The van der Waals surface area contributed by atoms with Crippen LogP contribution in [-0.4, -0.2) is 11.6 Å². The fourth-order valence-electron chi connectivity index (χ4n) is 2.97. The van der Waals surface area contributed by atoms with Crippen LogP contribution in [0.1, 0.15) is 51.1 Å². The maximum atomic E-state index is 5.78. The first-order valence-corrected chi connectivity index (χ1v) is 7.28. The quantitative estimate of drug-likeness (QED) is 0.633. The molecule has 4 nitrogen and oxygen atoms in total. The van der Waals surface area contributed by atoms with Crippen LogP contribution in [0, 0.1) is 11.8 Å². The van der Waals surface area contributed by atoms with Crippen molar-refractivity contribution in [1.82, 2.24) is 10.4 Å². The normalized spacial score (nSPS) is 25.0. The Balaban J connectivity index is 2.10. The Bertz CT molecular complexity index is 389. The second-order valence-corrected chi connectivity index (χ2v) is 5.55. The zero-order valence-electron chi connectivity index (χ0n) is 11.9. The number of nitrogens with two attached hydrogens (primary N) is 1. The van der Waals surface area contributed by atoms with Crippen LogP contribution in [0.15, 0.2) is 18.5 Å². The minimum absolute atomic E-state index is 0.181. The zero-order valence-corrected chi connectivity index (χ0v) is 11.9. The SMILES string of the molecule is CCOc1cncc(C(NN)C2CCC(C)CC2)c1. The van der Waals surface area contributed by atoms with E-state index in [-0.39, 0.29) is 6.04 Å². The Hall–Kier alpha value is -1.13. The van der Waals surface area contributed by atoms with E-state index in [1.165, 1.54) is 25.7 Å². The van der Waals surface area contributed by atoms with E-state index in [2.05, 4.69) is 23.4 Å². The molecule has 106 valence electrons. The lowest BCUT2D eigenvalue weighted by molar-refractivity contribution is 0.231. The summed E-state index contributed by atoms with van der Waals surface area (Å²) in [5.41, 5.74) is 4.11. The number of pyridine rings is 1. The molecule has 1 aliphatic rings. The van der Waals surface area contributed by atoms with Gasteiger partial charge >= 0.3 is 0 Å². The Morgan fingerprint density at radius 1 is 1.37 bits per heavy atom. The molecule has 4 heteroatoms. The summed E-state index contributed by atoms with van der Waals surface area (Å²) in [6.07, 6.45) is 8.70. The number of nitrogens with zero attached hydrogens (tertiary/aromatic N) is 1. The van der Waals surface area contributed by atoms with Gasteiger partial charge in [-0.05, 0) is 43.2 Å². The second kappa shape index (κ2) is 6.87. The van der Waals surface area contributed by atoms with Crippen LogP contribution in [0.2, 0.25) is 0 Å². The molecule has 1 atom stereocenters. The Morgan fingerprint density at radius 3 is 2.74 bits per heavy atom. The number of ether oxygens (including phenoxy) is 1. The average molecular weight is 263 g/mol. The Morgan fingerprint density at radius 2 is 2.11 bits per heavy atom. The molecule has 0 radical (unpaired) electrons. The maximum Gasteiger partial charge on any atom is 0.137 e. The van der Waals surface area contributed by atoms with Gasteiger partial charge in [0.05, 0.1) is 18.8 Å². The van der Waals surface area contributed by atoms with Crippen LogP contribution in [0.3, 0.4) is 0 Å². The molecule has 1 heterocycles. The van der Waals surface area contributed by atoms with E-state index in [0.717, 1.165) is 17.2 Å². The number of aromatic nitrogens is 1. The summed E-state index contributed by atoms with van der Waals surface area (Å²) in [6, 6.07) is 2.24. The van der Waals surface area contributed by atoms with Crippen LogP contribution in [0.5, 0.6) is 5.75 Å². The Labute approximate surface area is 115 Å². The molecule has 3 N–H and O–H groups in total. The summed E-state index contributed by atoms with van der Waals surface area (Å²) < 4.78 is 5.51. The predicted molar refractivity (Wildman–Crippen MR) is 76.6 cm³/mol. The fourth-order valence-corrected chi connectivity index (χ4v) is 2.97. The van der Waals surface area contributed by atoms with Gasteiger partial charge in [0.15, 0.2) is 0 Å². The molecule has 0 aliphatic heterocycles. The number of nitrogens with one attached hydrogen (secondary N) is 1. The van der Waals surface area contributed by atoms with Gasteiger partial charge in [0.25, 0.3) is 0 Å². The van der Waals surface area contributed by atoms with Crippen molar-refractivity contribution in [1.29, 1.82) is 0 Å². The third-order valence-electron chi connectivity index (χ3n) is 4.12. The van der Waals surface area contributed by atoms with E-state index in [9.17, 15) is 0 Å². The molecule has 0 aromatic carbocycles. The highest BCUT2D eigenvalue weighted by Gasteiger charge is 2.26. The van der Waals surface area contributed by atoms with Crippen molar-refractivity contribution in [2.24, 2.45) is 17.7 Å². The van der Waals surface area contributed by atoms with Crippen molar-refractivity contribution in [3.8, 4) is 5.75 Å². The molecule has 1 aromatic heterocycles. The molecule has 1 aromatic rings. The summed E-state index contributed by atoms with van der Waals surface area (Å²) >= 11 is 0. The summed E-state index contributed by atoms with van der Waals surface area (Å²) in [5.74, 6) is 8.05. The fraction of sp³-hybridized carbons (Fsp3) is 0.667. The highest BCUT2D eigenvalue weighted by Crippen LogP contribution is 2.36. The van der Waals surface area contributed by atoms with Crippen LogP contribution >= 0.6 is 0 Å². The average Bonchev–Trinajstić information content (AvgIpc) is 2.43. The summed E-state index contributed by atoms with van der Waals surface area (Å²) in [4.78, 5) is 4.26. The number of rotatable bonds is 5. The molecule has 0 spiro atoms. The standard InChI is InChI=1S/C15H25N3O/c1-3-19-14-8-13(9-17-10-14)15(18-16)12-6-4-11(2)5-7-12/h8-12,15,18H,3-7,16H2,1-2H3. The van der Waals surface area contributed by atoms with E-state index in [1.807, 2.05) is 13.1 Å². The van der Waals surface area contributed by atoms with Gasteiger partial charge < -0.3 is 4.74 Å². The first-order chi connectivity index (χ1) is 9.24. The first-order valence-electron chi connectivity index (χ1n) is 7.28. The van der Waals surface area contributed by atoms with E-state index >= 15 is 0 Å². The topological polar surface area (TPSA) is 60.2 Å². The van der Waals surface area contributed by atoms with Crippen LogP contribution < -0.4 is 16.0 Å². The first kappa shape index (κ1) is 14.3. The van der Waals surface area contributed by atoms with Gasteiger partial charge in [-0.1, -0.05) is 19.8 Å². The van der Waals surface area contributed by atoms with E-state index in [0.29, 0.717) is 12.5 Å². The van der Waals surface area contributed by atoms with E-state index in [4.69, 9.17) is 10.6 Å². The maximum absolute atomic E-state index is 5.78. The predicted octanol–water partition coefficient (Wildman–Crippen LogP) is 2.81. The van der Waals surface area contributed by atoms with Crippen LogP contribution in [0.25, 0.3) is 0 Å². The minimum atomic E-state index is 0.181. The van der Waals surface area contributed by atoms with Crippen molar-refractivity contribution in [2.75, 3.05) is 6.61 Å². The molecular weight excluding hydrogens is 238 g/mol. The van der Waals surface area contributed by atoms with Crippen molar-refractivity contribution in [2.45, 2.75) is 45.6 Å². The highest BCUT2D eigenvalue weighted by molar-refractivity contribution is 5.26. The molecule has 1 fully saturated rings. The molecule has 0 bridgehead atoms. The zero-order chi connectivity index (χ0) is 13.7. The van der Waals surface area contributed by atoms with E-state index in [1.54, 1.807) is 6.20 Å². The number of hydrazine groups is 1. The molecule has 1 aliphatic carbocycles. The van der Waals surface area contributed by atoms with Crippen molar-refractivity contribution in [3.63, 3.8) is 0 Å². The van der Waals surface area contributed by atoms with Gasteiger partial charge in [0.2, 0.25) is 0 Å². The molecule has 0 amide bonds. The van der Waals surface area contributed by atoms with Crippen molar-refractivity contribution in [3.05, 3.63) is 24.0 Å². The van der Waals surface area contributed by atoms with Gasteiger partial charge in [-0.3, -0.25) is 16.3 Å². The summed E-state index contributed by atoms with van der Waals surface area (Å²) in [6.45, 7) is 4.97. The molecule has 2 rings (SSSR count). The number of hydrogen-bond acceptors (Lipinski definition) is 4. The minimum Gasteiger partial charge on any atom is -0.492 e. The third kappa shape index (κ3) is 3.67. The Kier molecular flexibility index (Phi) is 5.16. The van der Waals surface area contributed by atoms with Gasteiger partial charge in [0.1, 0.15) is 5.75 Å². The van der Waals surface area contributed by atoms with Crippen LogP contribution in [-0.2, 0) is 0 Å². The molecule has 19 heavy (non-hydrogen) atoms. The lowest BCUT2D eigenvalue weighted by Gasteiger charge is -2.32. The lowest BCUT2D eigenvalue weighted by atomic mass is 9.78. The van der Waals surface area contributed by atoms with Crippen LogP contribution in [0.4, 0.5) is 0 Å². The van der Waals surface area contributed by atoms with Gasteiger partial charge in [-0.25, -0.2) is 0 Å². The van der Waals surface area contributed by atoms with Gasteiger partial charge in [-0.15, -0.1) is 0 Å². The molecule has 1 unspecified atom stereocenters. The third-order valence-corrected chi connectivity index (χ3v) is 4.12. The lowest BCUT2D eigenvalue weighted by Crippen LogP contribution is -2.35. The van der Waals surface area contributed by atoms with Crippen molar-refractivity contribution >= 4 is 0 Å².